The molecule has 0 saturated carbocycles. The lowest BCUT2D eigenvalue weighted by molar-refractivity contribution is -0.0391. The highest BCUT2D eigenvalue weighted by atomic mass is 16.7. The Bertz CT molecular complexity index is 1020. The average Bonchev–Trinajstić information content (AvgIpc) is 3.18. The highest BCUT2D eigenvalue weighted by molar-refractivity contribution is 5.96. The van der Waals surface area contributed by atoms with Gasteiger partial charge in [-0.2, -0.15) is 0 Å². The van der Waals surface area contributed by atoms with Crippen molar-refractivity contribution >= 4 is 11.7 Å². The molecule has 0 bridgehead atoms. The summed E-state index contributed by atoms with van der Waals surface area (Å²) >= 11 is 0. The van der Waals surface area contributed by atoms with Gasteiger partial charge in [-0.1, -0.05) is 84.0 Å². The van der Waals surface area contributed by atoms with Crippen LogP contribution in [0.3, 0.4) is 0 Å². The smallest absolute Gasteiger partial charge is 0.338 e. The van der Waals surface area contributed by atoms with Gasteiger partial charge in [-0.3, -0.25) is 0 Å². The van der Waals surface area contributed by atoms with E-state index in [4.69, 9.17) is 15.3 Å². The van der Waals surface area contributed by atoms with Gasteiger partial charge in [-0.05, 0) is 30.2 Å². The highest BCUT2D eigenvalue weighted by Crippen LogP contribution is 2.32. The molecule has 3 atom stereocenters. The van der Waals surface area contributed by atoms with Crippen LogP contribution < -0.4 is 5.73 Å². The van der Waals surface area contributed by atoms with E-state index in [0.29, 0.717) is 17.7 Å². The van der Waals surface area contributed by atoms with Gasteiger partial charge in [-0.25, -0.2) is 4.79 Å². The van der Waals surface area contributed by atoms with Crippen molar-refractivity contribution < 1.29 is 14.4 Å². The summed E-state index contributed by atoms with van der Waals surface area (Å²) in [5, 5.41) is 4.29. The standard InChI is InChI=1S/C25H24N2O3/c1-25(26,20-15-9-4-10-16-20)23-22(29-24(28)19-13-7-3-8-14-19)21(27-30-23)17-18-11-5-2-6-12-18/h2-16,22-23H,17,26H2,1H3. The van der Waals surface area contributed by atoms with E-state index in [1.807, 2.05) is 73.7 Å². The van der Waals surface area contributed by atoms with Gasteiger partial charge in [0, 0.05) is 6.42 Å². The summed E-state index contributed by atoms with van der Waals surface area (Å²) in [5.74, 6) is -0.430. The summed E-state index contributed by atoms with van der Waals surface area (Å²) in [7, 11) is 0. The van der Waals surface area contributed by atoms with E-state index in [1.165, 1.54) is 0 Å². The van der Waals surface area contributed by atoms with Gasteiger partial charge in [0.2, 0.25) is 0 Å². The highest BCUT2D eigenvalue weighted by Gasteiger charge is 2.48. The lowest BCUT2D eigenvalue weighted by Gasteiger charge is -2.33. The number of hydrogen-bond donors (Lipinski definition) is 1. The number of oxime groups is 1. The van der Waals surface area contributed by atoms with Crippen LogP contribution in [0.2, 0.25) is 0 Å². The second kappa shape index (κ2) is 8.51. The molecule has 0 fully saturated rings. The van der Waals surface area contributed by atoms with Crippen molar-refractivity contribution in [3.8, 4) is 0 Å². The van der Waals surface area contributed by atoms with Gasteiger partial charge in [0.05, 0.1) is 11.1 Å². The lowest BCUT2D eigenvalue weighted by atomic mass is 9.83. The number of rotatable bonds is 6. The molecule has 152 valence electrons. The van der Waals surface area contributed by atoms with Crippen molar-refractivity contribution in [3.63, 3.8) is 0 Å². The number of hydrogen-bond acceptors (Lipinski definition) is 5. The fraction of sp³-hybridized carbons (Fsp3) is 0.200. The molecule has 0 radical (unpaired) electrons. The minimum absolute atomic E-state index is 0.430. The van der Waals surface area contributed by atoms with E-state index in [0.717, 1.165) is 11.1 Å². The first-order valence-corrected chi connectivity index (χ1v) is 9.92. The Balaban J connectivity index is 1.63. The summed E-state index contributed by atoms with van der Waals surface area (Å²) in [6.07, 6.45) is -0.839. The summed E-state index contributed by atoms with van der Waals surface area (Å²) in [6.45, 7) is 1.87. The minimum Gasteiger partial charge on any atom is -0.448 e. The molecule has 3 unspecified atom stereocenters. The van der Waals surface area contributed by atoms with Crippen LogP contribution >= 0.6 is 0 Å². The fourth-order valence-corrected chi connectivity index (χ4v) is 3.62. The van der Waals surface area contributed by atoms with Crippen LogP contribution in [-0.2, 0) is 21.5 Å². The zero-order chi connectivity index (χ0) is 21.0. The topological polar surface area (TPSA) is 73.9 Å². The Morgan fingerprint density at radius 1 is 0.967 bits per heavy atom. The van der Waals surface area contributed by atoms with Crippen LogP contribution in [0.25, 0.3) is 0 Å². The molecule has 1 aliphatic heterocycles. The Kier molecular flexibility index (Phi) is 5.63. The molecule has 30 heavy (non-hydrogen) atoms. The molecule has 5 heteroatoms. The number of carbonyl (C=O) groups is 1. The molecular weight excluding hydrogens is 376 g/mol. The third kappa shape index (κ3) is 4.11. The molecule has 1 aliphatic rings. The van der Waals surface area contributed by atoms with Gasteiger partial charge < -0.3 is 15.3 Å². The summed E-state index contributed by atoms with van der Waals surface area (Å²) in [5.41, 5.74) is 8.85. The van der Waals surface area contributed by atoms with Crippen LogP contribution in [0.4, 0.5) is 0 Å². The normalized spacial score (nSPS) is 20.0. The summed E-state index contributed by atoms with van der Waals surface area (Å²) in [6, 6.07) is 28.4. The third-order valence-corrected chi connectivity index (χ3v) is 5.35. The molecule has 0 aromatic heterocycles. The lowest BCUT2D eigenvalue weighted by Crippen LogP contribution is -2.53. The monoisotopic (exact) mass is 400 g/mol. The molecule has 5 nitrogen and oxygen atoms in total. The van der Waals surface area contributed by atoms with Crippen molar-refractivity contribution in [2.24, 2.45) is 10.9 Å². The zero-order valence-electron chi connectivity index (χ0n) is 16.8. The number of nitrogens with zero attached hydrogens (tertiary/aromatic N) is 1. The zero-order valence-corrected chi connectivity index (χ0v) is 16.8. The predicted octanol–water partition coefficient (Wildman–Crippen LogP) is 4.08. The number of carbonyl (C=O) groups excluding carboxylic acids is 1. The Morgan fingerprint density at radius 2 is 1.53 bits per heavy atom. The molecule has 1 heterocycles. The van der Waals surface area contributed by atoms with Crippen molar-refractivity contribution in [1.29, 1.82) is 0 Å². The fourth-order valence-electron chi connectivity index (χ4n) is 3.62. The first kappa shape index (κ1) is 19.9. The van der Waals surface area contributed by atoms with Crippen LogP contribution in [-0.4, -0.2) is 23.9 Å². The van der Waals surface area contributed by atoms with Crippen molar-refractivity contribution in [3.05, 3.63) is 108 Å². The molecule has 0 aliphatic carbocycles. The van der Waals surface area contributed by atoms with Gasteiger partial charge in [0.25, 0.3) is 0 Å². The maximum Gasteiger partial charge on any atom is 0.338 e. The number of esters is 1. The summed E-state index contributed by atoms with van der Waals surface area (Å²) < 4.78 is 5.93. The molecule has 0 amide bonds. The van der Waals surface area contributed by atoms with Crippen LogP contribution in [0.1, 0.15) is 28.4 Å². The van der Waals surface area contributed by atoms with Gasteiger partial charge in [-0.15, -0.1) is 0 Å². The van der Waals surface area contributed by atoms with Gasteiger partial charge in [0.1, 0.15) is 5.71 Å². The maximum atomic E-state index is 12.8. The number of ether oxygens (including phenoxy) is 1. The van der Waals surface area contributed by atoms with Gasteiger partial charge in [0.15, 0.2) is 12.2 Å². The molecule has 0 spiro atoms. The first-order valence-electron chi connectivity index (χ1n) is 9.92. The molecule has 4 rings (SSSR count). The van der Waals surface area contributed by atoms with Crippen molar-refractivity contribution in [2.75, 3.05) is 0 Å². The second-order valence-electron chi connectivity index (χ2n) is 7.61. The maximum absolute atomic E-state index is 12.8. The first-order chi connectivity index (χ1) is 14.6. The predicted molar refractivity (Wildman–Crippen MR) is 116 cm³/mol. The summed E-state index contributed by atoms with van der Waals surface area (Å²) in [4.78, 5) is 18.6. The van der Waals surface area contributed by atoms with E-state index < -0.39 is 23.7 Å². The van der Waals surface area contributed by atoms with E-state index in [9.17, 15) is 4.79 Å². The third-order valence-electron chi connectivity index (χ3n) is 5.35. The van der Waals surface area contributed by atoms with Crippen molar-refractivity contribution in [2.45, 2.75) is 31.1 Å². The largest absolute Gasteiger partial charge is 0.448 e. The Labute approximate surface area is 176 Å². The van der Waals surface area contributed by atoms with Crippen molar-refractivity contribution in [1.82, 2.24) is 0 Å². The number of nitrogens with two attached hydrogens (primary N) is 1. The Morgan fingerprint density at radius 3 is 2.17 bits per heavy atom. The van der Waals surface area contributed by atoms with E-state index >= 15 is 0 Å². The molecular formula is C25H24N2O3. The number of benzene rings is 3. The van der Waals surface area contributed by atoms with E-state index in [-0.39, 0.29) is 0 Å². The molecule has 3 aromatic rings. The average molecular weight is 400 g/mol. The van der Waals surface area contributed by atoms with Crippen LogP contribution in [0, 0.1) is 0 Å². The van der Waals surface area contributed by atoms with E-state index in [2.05, 4.69) is 5.16 Å². The molecule has 2 N–H and O–H groups in total. The Hall–Kier alpha value is -3.44. The molecule has 0 saturated heterocycles. The minimum atomic E-state index is -0.912. The van der Waals surface area contributed by atoms with Gasteiger partial charge >= 0.3 is 5.97 Å². The second-order valence-corrected chi connectivity index (χ2v) is 7.61. The van der Waals surface area contributed by atoms with Crippen LogP contribution in [0.5, 0.6) is 0 Å². The van der Waals surface area contributed by atoms with Crippen LogP contribution in [0.15, 0.2) is 96.2 Å². The SMILES string of the molecule is CC(N)(c1ccccc1)C1ON=C(Cc2ccccc2)C1OC(=O)c1ccccc1. The van der Waals surface area contributed by atoms with E-state index in [1.54, 1.807) is 24.3 Å². The molecule has 3 aromatic carbocycles. The quantitative estimate of drug-likeness (QED) is 0.633.